The number of thiazole rings is 1. The van der Waals surface area contributed by atoms with E-state index in [1.54, 1.807) is 17.4 Å². The van der Waals surface area contributed by atoms with E-state index < -0.39 is 0 Å². The maximum Gasteiger partial charge on any atom is 0.134 e. The lowest BCUT2D eigenvalue weighted by Gasteiger charge is -2.01. The molecular weight excluding hydrogens is 339 g/mol. The summed E-state index contributed by atoms with van der Waals surface area (Å²) in [5, 5.41) is 4.15. The van der Waals surface area contributed by atoms with Crippen LogP contribution in [0.1, 0.15) is 30.8 Å². The molecule has 20 heavy (non-hydrogen) atoms. The molecule has 2 rings (SSSR count). The van der Waals surface area contributed by atoms with Crippen LogP contribution < -0.4 is 5.32 Å². The second kappa shape index (κ2) is 7.29. The molecule has 0 saturated carbocycles. The predicted molar refractivity (Wildman–Crippen MR) is 86.6 cm³/mol. The van der Waals surface area contributed by atoms with Crippen LogP contribution in [0, 0.1) is 5.82 Å². The van der Waals surface area contributed by atoms with E-state index in [4.69, 9.17) is 0 Å². The molecule has 108 valence electrons. The van der Waals surface area contributed by atoms with Crippen molar-refractivity contribution in [2.75, 3.05) is 6.54 Å². The molecule has 0 saturated heterocycles. The Morgan fingerprint density at radius 3 is 2.80 bits per heavy atom. The quantitative estimate of drug-likeness (QED) is 0.753. The third-order valence-electron chi connectivity index (χ3n) is 2.99. The zero-order valence-corrected chi connectivity index (χ0v) is 14.1. The van der Waals surface area contributed by atoms with Gasteiger partial charge in [0.05, 0.1) is 5.69 Å². The van der Waals surface area contributed by atoms with Gasteiger partial charge in [0, 0.05) is 21.5 Å². The van der Waals surface area contributed by atoms with Crippen molar-refractivity contribution >= 4 is 27.3 Å². The van der Waals surface area contributed by atoms with E-state index in [-0.39, 0.29) is 5.82 Å². The van der Waals surface area contributed by atoms with E-state index in [1.807, 2.05) is 6.07 Å². The molecule has 0 amide bonds. The monoisotopic (exact) mass is 356 g/mol. The Labute approximate surface area is 131 Å². The van der Waals surface area contributed by atoms with Crippen LogP contribution in [-0.4, -0.2) is 11.5 Å². The second-order valence-corrected chi connectivity index (χ2v) is 6.54. The Kier molecular flexibility index (Phi) is 5.69. The third-order valence-corrected chi connectivity index (χ3v) is 4.61. The van der Waals surface area contributed by atoms with Crippen LogP contribution in [0.5, 0.6) is 0 Å². The molecular formula is C15H18BrFN2S. The molecule has 0 unspecified atom stereocenters. The van der Waals surface area contributed by atoms with E-state index in [1.165, 1.54) is 10.9 Å². The zero-order chi connectivity index (χ0) is 14.5. The Hall–Kier alpha value is -0.780. The van der Waals surface area contributed by atoms with Crippen molar-refractivity contribution in [1.29, 1.82) is 0 Å². The highest BCUT2D eigenvalue weighted by molar-refractivity contribution is 9.10. The highest BCUT2D eigenvalue weighted by Crippen LogP contribution is 2.31. The normalized spacial score (nSPS) is 11.0. The fourth-order valence-electron chi connectivity index (χ4n) is 1.95. The molecule has 1 N–H and O–H groups in total. The smallest absolute Gasteiger partial charge is 0.134 e. The molecule has 0 aliphatic heterocycles. The molecule has 1 aromatic heterocycles. The van der Waals surface area contributed by atoms with Crippen LogP contribution in [0.15, 0.2) is 22.7 Å². The first kappa shape index (κ1) is 15.6. The van der Waals surface area contributed by atoms with Gasteiger partial charge in [-0.15, -0.1) is 11.3 Å². The average molecular weight is 357 g/mol. The Balaban J connectivity index is 2.28. The van der Waals surface area contributed by atoms with Crippen LogP contribution in [0.3, 0.4) is 0 Å². The van der Waals surface area contributed by atoms with Gasteiger partial charge in [0.15, 0.2) is 0 Å². The fourth-order valence-corrected chi connectivity index (χ4v) is 3.43. The van der Waals surface area contributed by atoms with Crippen LogP contribution in [0.25, 0.3) is 10.6 Å². The van der Waals surface area contributed by atoms with Gasteiger partial charge in [0.25, 0.3) is 0 Å². The molecule has 5 heteroatoms. The molecule has 0 fully saturated rings. The maximum absolute atomic E-state index is 14.0. The summed E-state index contributed by atoms with van der Waals surface area (Å²) in [6.45, 7) is 6.03. The summed E-state index contributed by atoms with van der Waals surface area (Å²) in [4.78, 5) is 5.80. The number of benzene rings is 1. The van der Waals surface area contributed by atoms with Gasteiger partial charge in [-0.05, 0) is 37.6 Å². The summed E-state index contributed by atoms with van der Waals surface area (Å²) in [6, 6.07) is 5.11. The Morgan fingerprint density at radius 1 is 1.35 bits per heavy atom. The van der Waals surface area contributed by atoms with Gasteiger partial charge in [-0.3, -0.25) is 0 Å². The van der Waals surface area contributed by atoms with Gasteiger partial charge in [-0.1, -0.05) is 29.8 Å². The lowest BCUT2D eigenvalue weighted by atomic mass is 10.2. The van der Waals surface area contributed by atoms with E-state index in [0.717, 1.165) is 41.1 Å². The molecule has 0 aliphatic rings. The molecule has 2 nitrogen and oxygen atoms in total. The van der Waals surface area contributed by atoms with Gasteiger partial charge in [0.1, 0.15) is 10.8 Å². The minimum Gasteiger partial charge on any atom is -0.312 e. The Morgan fingerprint density at radius 2 is 2.15 bits per heavy atom. The van der Waals surface area contributed by atoms with Crippen molar-refractivity contribution < 1.29 is 4.39 Å². The predicted octanol–water partition coefficient (Wildman–Crippen LogP) is 4.77. The summed E-state index contributed by atoms with van der Waals surface area (Å²) < 4.78 is 14.8. The van der Waals surface area contributed by atoms with E-state index in [2.05, 4.69) is 40.1 Å². The second-order valence-electron chi connectivity index (χ2n) is 4.54. The van der Waals surface area contributed by atoms with Gasteiger partial charge >= 0.3 is 0 Å². The SMILES string of the molecule is CCCNCc1sc(-c2ccc(Br)cc2F)nc1CC. The highest BCUT2D eigenvalue weighted by atomic mass is 79.9. The summed E-state index contributed by atoms with van der Waals surface area (Å²) >= 11 is 4.86. The summed E-state index contributed by atoms with van der Waals surface area (Å²) in [5.74, 6) is -0.233. The van der Waals surface area contributed by atoms with Crippen molar-refractivity contribution in [3.8, 4) is 10.6 Å². The molecule has 1 heterocycles. The number of rotatable bonds is 6. The first-order valence-electron chi connectivity index (χ1n) is 6.80. The largest absolute Gasteiger partial charge is 0.312 e. The number of nitrogens with zero attached hydrogens (tertiary/aromatic N) is 1. The van der Waals surface area contributed by atoms with Crippen molar-refractivity contribution in [3.63, 3.8) is 0 Å². The van der Waals surface area contributed by atoms with Gasteiger partial charge < -0.3 is 5.32 Å². The summed E-state index contributed by atoms with van der Waals surface area (Å²) in [7, 11) is 0. The minimum absolute atomic E-state index is 0.233. The van der Waals surface area contributed by atoms with Crippen molar-refractivity contribution in [3.05, 3.63) is 39.1 Å². The lowest BCUT2D eigenvalue weighted by Crippen LogP contribution is -2.13. The molecule has 0 atom stereocenters. The number of aryl methyl sites for hydroxylation is 1. The summed E-state index contributed by atoms with van der Waals surface area (Å²) in [5.41, 5.74) is 1.64. The fraction of sp³-hybridized carbons (Fsp3) is 0.400. The van der Waals surface area contributed by atoms with Crippen LogP contribution in [-0.2, 0) is 13.0 Å². The van der Waals surface area contributed by atoms with Crippen LogP contribution >= 0.6 is 27.3 Å². The summed E-state index contributed by atoms with van der Waals surface area (Å²) in [6.07, 6.45) is 1.98. The molecule has 1 aromatic carbocycles. The maximum atomic E-state index is 14.0. The molecule has 0 bridgehead atoms. The van der Waals surface area contributed by atoms with Gasteiger partial charge in [-0.2, -0.15) is 0 Å². The van der Waals surface area contributed by atoms with Gasteiger partial charge in [-0.25, -0.2) is 9.37 Å². The molecule has 2 aromatic rings. The Bertz CT molecular complexity index is 583. The minimum atomic E-state index is -0.233. The topological polar surface area (TPSA) is 24.9 Å². The van der Waals surface area contributed by atoms with Crippen molar-refractivity contribution in [2.24, 2.45) is 0 Å². The van der Waals surface area contributed by atoms with Crippen molar-refractivity contribution in [1.82, 2.24) is 10.3 Å². The average Bonchev–Trinajstić information content (AvgIpc) is 2.82. The molecule has 0 radical (unpaired) electrons. The lowest BCUT2D eigenvalue weighted by molar-refractivity contribution is 0.630. The number of aromatic nitrogens is 1. The van der Waals surface area contributed by atoms with E-state index in [0.29, 0.717) is 5.56 Å². The zero-order valence-electron chi connectivity index (χ0n) is 11.7. The third kappa shape index (κ3) is 3.65. The van der Waals surface area contributed by atoms with E-state index in [9.17, 15) is 4.39 Å². The number of hydrogen-bond donors (Lipinski definition) is 1. The van der Waals surface area contributed by atoms with Crippen LogP contribution in [0.2, 0.25) is 0 Å². The molecule has 0 spiro atoms. The molecule has 0 aliphatic carbocycles. The first-order valence-corrected chi connectivity index (χ1v) is 8.41. The number of hydrogen-bond acceptors (Lipinski definition) is 3. The standard InChI is InChI=1S/C15H18BrFN2S/c1-3-7-18-9-14-13(4-2)19-15(20-14)11-6-5-10(16)8-12(11)17/h5-6,8,18H,3-4,7,9H2,1-2H3. The number of halogens is 2. The number of nitrogens with one attached hydrogen (secondary N) is 1. The van der Waals surface area contributed by atoms with Gasteiger partial charge in [0.2, 0.25) is 0 Å². The van der Waals surface area contributed by atoms with Crippen LogP contribution in [0.4, 0.5) is 4.39 Å². The first-order chi connectivity index (χ1) is 9.65. The highest BCUT2D eigenvalue weighted by Gasteiger charge is 2.14. The van der Waals surface area contributed by atoms with E-state index >= 15 is 0 Å². The van der Waals surface area contributed by atoms with Crippen molar-refractivity contribution in [2.45, 2.75) is 33.2 Å².